The second-order valence-electron chi connectivity index (χ2n) is 6.50. The van der Waals surface area contributed by atoms with Gasteiger partial charge >= 0.3 is 0 Å². The van der Waals surface area contributed by atoms with E-state index in [1.165, 1.54) is 6.33 Å². The molecule has 1 aromatic carbocycles. The molecule has 0 aliphatic rings. The highest BCUT2D eigenvalue weighted by molar-refractivity contribution is 5.78. The van der Waals surface area contributed by atoms with E-state index < -0.39 is 5.95 Å². The number of anilines is 1. The van der Waals surface area contributed by atoms with Crippen LogP contribution in [-0.2, 0) is 13.0 Å². The van der Waals surface area contributed by atoms with Gasteiger partial charge in [-0.2, -0.15) is 4.39 Å². The average Bonchev–Trinajstić information content (AvgIpc) is 3.16. The third-order valence-electron chi connectivity index (χ3n) is 4.63. The number of methoxy groups -OCH3 is 2. The molecule has 0 radical (unpaired) electrons. The molecule has 3 heterocycles. The molecular formula is C21H20FN5O2. The Bertz CT molecular complexity index is 1120. The summed E-state index contributed by atoms with van der Waals surface area (Å²) in [5.41, 5.74) is 3.09. The third-order valence-corrected chi connectivity index (χ3v) is 4.63. The van der Waals surface area contributed by atoms with Gasteiger partial charge in [-0.3, -0.25) is 0 Å². The summed E-state index contributed by atoms with van der Waals surface area (Å²) in [5, 5.41) is 4.01. The molecule has 0 saturated carbocycles. The van der Waals surface area contributed by atoms with Crippen LogP contribution in [0.2, 0.25) is 0 Å². The van der Waals surface area contributed by atoms with Gasteiger partial charge in [0, 0.05) is 42.4 Å². The van der Waals surface area contributed by atoms with Gasteiger partial charge in [0.25, 0.3) is 0 Å². The van der Waals surface area contributed by atoms with Gasteiger partial charge in [-0.1, -0.05) is 6.07 Å². The maximum Gasteiger partial charge on any atom is 0.218 e. The molecule has 0 saturated heterocycles. The molecule has 7 nitrogen and oxygen atoms in total. The molecule has 0 amide bonds. The van der Waals surface area contributed by atoms with E-state index in [4.69, 9.17) is 9.47 Å². The van der Waals surface area contributed by atoms with Gasteiger partial charge in [-0.05, 0) is 29.3 Å². The Morgan fingerprint density at radius 1 is 1.07 bits per heavy atom. The van der Waals surface area contributed by atoms with E-state index in [0.717, 1.165) is 22.2 Å². The summed E-state index contributed by atoms with van der Waals surface area (Å²) >= 11 is 0. The smallest absolute Gasteiger partial charge is 0.218 e. The van der Waals surface area contributed by atoms with E-state index in [1.54, 1.807) is 38.6 Å². The van der Waals surface area contributed by atoms with Crippen LogP contribution < -0.4 is 14.8 Å². The highest BCUT2D eigenvalue weighted by Gasteiger charge is 2.11. The number of aromatic amines is 1. The van der Waals surface area contributed by atoms with Crippen LogP contribution in [0, 0.1) is 5.95 Å². The van der Waals surface area contributed by atoms with Crippen molar-refractivity contribution >= 4 is 16.9 Å². The maximum absolute atomic E-state index is 14.6. The number of benzene rings is 1. The van der Waals surface area contributed by atoms with Gasteiger partial charge in [0.1, 0.15) is 29.3 Å². The number of rotatable bonds is 7. The van der Waals surface area contributed by atoms with Crippen LogP contribution >= 0.6 is 0 Å². The molecule has 0 aliphatic carbocycles. The van der Waals surface area contributed by atoms with Gasteiger partial charge in [-0.25, -0.2) is 15.0 Å². The number of aromatic nitrogens is 4. The fourth-order valence-electron chi connectivity index (χ4n) is 3.12. The highest BCUT2D eigenvalue weighted by atomic mass is 19.1. The summed E-state index contributed by atoms with van der Waals surface area (Å²) in [6, 6.07) is 9.07. The van der Waals surface area contributed by atoms with Crippen molar-refractivity contribution in [2.45, 2.75) is 13.0 Å². The van der Waals surface area contributed by atoms with Crippen molar-refractivity contribution in [2.24, 2.45) is 0 Å². The molecule has 0 spiro atoms. The van der Waals surface area contributed by atoms with Crippen LogP contribution in [0.25, 0.3) is 11.0 Å². The number of halogens is 1. The summed E-state index contributed by atoms with van der Waals surface area (Å²) in [6.45, 7) is 0.457. The Labute approximate surface area is 166 Å². The van der Waals surface area contributed by atoms with Gasteiger partial charge in [0.05, 0.1) is 14.2 Å². The molecule has 2 N–H and O–H groups in total. The number of H-pyrrole nitrogens is 1. The minimum Gasteiger partial charge on any atom is -0.497 e. The van der Waals surface area contributed by atoms with Crippen molar-refractivity contribution in [3.63, 3.8) is 0 Å². The van der Waals surface area contributed by atoms with E-state index in [9.17, 15) is 4.39 Å². The molecule has 0 fully saturated rings. The zero-order chi connectivity index (χ0) is 20.2. The molecule has 4 rings (SSSR count). The summed E-state index contributed by atoms with van der Waals surface area (Å²) in [5.74, 6) is 1.33. The lowest BCUT2D eigenvalue weighted by Gasteiger charge is -2.11. The number of hydrogen-bond donors (Lipinski definition) is 2. The molecule has 29 heavy (non-hydrogen) atoms. The SMILES string of the molecule is COc1cc(CNc2ccc(Cc3c[nH]c4ncncc34)c(F)n2)cc(OC)c1. The largest absolute Gasteiger partial charge is 0.497 e. The Balaban J connectivity index is 1.48. The summed E-state index contributed by atoms with van der Waals surface area (Å²) in [4.78, 5) is 15.3. The average molecular weight is 393 g/mol. The van der Waals surface area contributed by atoms with E-state index in [-0.39, 0.29) is 0 Å². The van der Waals surface area contributed by atoms with Crippen LogP contribution in [0.4, 0.5) is 10.2 Å². The second-order valence-corrected chi connectivity index (χ2v) is 6.50. The minimum atomic E-state index is -0.510. The normalized spacial score (nSPS) is 10.9. The second kappa shape index (κ2) is 8.14. The first kappa shape index (κ1) is 18.7. The molecular weight excluding hydrogens is 373 g/mol. The topological polar surface area (TPSA) is 85.0 Å². The molecule has 4 aromatic rings. The number of pyridine rings is 1. The van der Waals surface area contributed by atoms with E-state index in [2.05, 4.69) is 25.3 Å². The van der Waals surface area contributed by atoms with Crippen molar-refractivity contribution in [1.29, 1.82) is 0 Å². The van der Waals surface area contributed by atoms with Crippen LogP contribution in [0.15, 0.2) is 49.1 Å². The first-order valence-electron chi connectivity index (χ1n) is 9.03. The van der Waals surface area contributed by atoms with Crippen LogP contribution in [0.3, 0.4) is 0 Å². The molecule has 0 aliphatic heterocycles. The van der Waals surface area contributed by atoms with Crippen LogP contribution in [0.5, 0.6) is 11.5 Å². The van der Waals surface area contributed by atoms with Crippen molar-refractivity contribution in [3.05, 3.63) is 71.7 Å². The first-order chi connectivity index (χ1) is 14.2. The van der Waals surface area contributed by atoms with E-state index >= 15 is 0 Å². The van der Waals surface area contributed by atoms with Gasteiger partial charge < -0.3 is 19.8 Å². The number of hydrogen-bond acceptors (Lipinski definition) is 6. The van der Waals surface area contributed by atoms with E-state index in [1.807, 2.05) is 18.3 Å². The van der Waals surface area contributed by atoms with Crippen LogP contribution in [-0.4, -0.2) is 34.2 Å². The van der Waals surface area contributed by atoms with Crippen LogP contribution in [0.1, 0.15) is 16.7 Å². The minimum absolute atomic E-state index is 0.402. The monoisotopic (exact) mass is 393 g/mol. The Morgan fingerprint density at radius 2 is 1.86 bits per heavy atom. The number of nitrogens with one attached hydrogen (secondary N) is 2. The quantitative estimate of drug-likeness (QED) is 0.466. The third kappa shape index (κ3) is 4.11. The zero-order valence-electron chi connectivity index (χ0n) is 16.1. The summed E-state index contributed by atoms with van der Waals surface area (Å²) < 4.78 is 25.1. The van der Waals surface area contributed by atoms with Gasteiger partial charge in [0.2, 0.25) is 5.95 Å². The lowest BCUT2D eigenvalue weighted by atomic mass is 10.1. The standard InChI is InChI=1S/C21H20FN5O2/c1-28-16-5-13(6-17(8-16)29-2)9-24-19-4-3-14(20(22)27-19)7-15-10-25-21-18(15)11-23-12-26-21/h3-6,8,10-12H,7,9H2,1-2H3,(H,24,27)(H,23,25,26). The fourth-order valence-corrected chi connectivity index (χ4v) is 3.12. The molecule has 8 heteroatoms. The van der Waals surface area contributed by atoms with Gasteiger partial charge in [0.15, 0.2) is 0 Å². The number of ether oxygens (including phenoxy) is 2. The molecule has 3 aromatic heterocycles. The van der Waals surface area contributed by atoms with Crippen molar-refractivity contribution in [3.8, 4) is 11.5 Å². The molecule has 0 atom stereocenters. The Morgan fingerprint density at radius 3 is 2.59 bits per heavy atom. The first-order valence-corrected chi connectivity index (χ1v) is 9.03. The van der Waals surface area contributed by atoms with Crippen molar-refractivity contribution in [2.75, 3.05) is 19.5 Å². The Kier molecular flexibility index (Phi) is 5.24. The molecule has 0 bridgehead atoms. The number of fused-ring (bicyclic) bond motifs is 1. The van der Waals surface area contributed by atoms with Crippen molar-refractivity contribution in [1.82, 2.24) is 19.9 Å². The van der Waals surface area contributed by atoms with Gasteiger partial charge in [-0.15, -0.1) is 0 Å². The summed E-state index contributed by atoms with van der Waals surface area (Å²) in [6.07, 6.45) is 5.42. The number of nitrogens with zero attached hydrogens (tertiary/aromatic N) is 3. The van der Waals surface area contributed by atoms with E-state index in [0.29, 0.717) is 35.8 Å². The predicted octanol–water partition coefficient (Wildman–Crippen LogP) is 3.71. The Hall–Kier alpha value is -3.68. The lowest BCUT2D eigenvalue weighted by Crippen LogP contribution is -2.05. The zero-order valence-corrected chi connectivity index (χ0v) is 16.1. The molecule has 0 unspecified atom stereocenters. The van der Waals surface area contributed by atoms with Crippen molar-refractivity contribution < 1.29 is 13.9 Å². The molecule has 148 valence electrons. The summed E-state index contributed by atoms with van der Waals surface area (Å²) in [7, 11) is 3.20. The lowest BCUT2D eigenvalue weighted by molar-refractivity contribution is 0.393. The maximum atomic E-state index is 14.6. The fraction of sp³-hybridized carbons (Fsp3) is 0.190. The highest BCUT2D eigenvalue weighted by Crippen LogP contribution is 2.24. The predicted molar refractivity (Wildman–Crippen MR) is 108 cm³/mol.